The number of hydrogen-bond donors (Lipinski definition) is 23. The van der Waals surface area contributed by atoms with Crippen molar-refractivity contribution in [1.29, 1.82) is 0 Å². The lowest BCUT2D eigenvalue weighted by molar-refractivity contribution is -0.689. The molecule has 0 aliphatic carbocycles. The highest BCUT2D eigenvalue weighted by atomic mass is 35.5. The molecule has 140 heavy (non-hydrogen) atoms. The molecule has 9 bridgehead atoms. The molecule has 3 saturated heterocycles. The first-order valence-corrected chi connectivity index (χ1v) is 46.3. The largest absolute Gasteiger partial charge is 0.508 e. The topological polar surface area (TPSA) is 711 Å². The van der Waals surface area contributed by atoms with Gasteiger partial charge in [0.15, 0.2) is 53.7 Å². The maximum Gasteiger partial charge on any atom is 0.352 e. The van der Waals surface area contributed by atoms with Crippen LogP contribution in [0.25, 0.3) is 11.1 Å². The number of phenolic OH excluding ortho intramolecular Hbond substituents is 3. The number of nitrogens with one attached hydrogen (secondary N) is 9. The molecule has 16 rings (SSSR count). The van der Waals surface area contributed by atoms with Gasteiger partial charge in [-0.3, -0.25) is 57.6 Å². The SMILES string of the molecule is CN[C@H](CC(C)C)C(=O)N[C@H]1C(=O)N[C@@H](CC(N)=O)C(=O)N[C@H]2C(=O)N[C@H]3C(=O)N[C@H](C(=O)NC([C@@H](CC(=O)NCc4cc[n+](CC5=C(C(=O)O)N6C(=O)[C@@H](NC(=O)/C(=N/OC)c7nc(N)sc7Cl)C6SC5)cc4)C(=O)O)c4cc(O)cc(O)c4-c4cc(O)ccc43)[C@H](O)c3ccc(c(Cl)c3)Oc3cc2cc(c3O[C@H]2O[C@@H](CO)[C@H](O)[C@@H](O)[C@@H]2O[C@@H]2C[C@@](C)(N)[C@@H](O)[C@@H](C)O2)Oc2ccc(cc2Cl)[C@H]1O. The summed E-state index contributed by atoms with van der Waals surface area (Å²) in [5, 5.41) is 153. The summed E-state index contributed by atoms with van der Waals surface area (Å²) < 4.78 is 40.3. The zero-order valence-electron chi connectivity index (χ0n) is 74.7. The average molecular weight is 2040 g/mol. The fourth-order valence-corrected chi connectivity index (χ4v) is 19.9. The molecule has 2 unspecified atom stereocenters. The van der Waals surface area contributed by atoms with Crippen molar-refractivity contribution in [3.8, 4) is 57.1 Å². The smallest absolute Gasteiger partial charge is 0.352 e. The number of ether oxygens (including phenoxy) is 6. The van der Waals surface area contributed by atoms with E-state index in [0.717, 1.165) is 108 Å². The maximum absolute atomic E-state index is 16.6. The second kappa shape index (κ2) is 42.7. The Hall–Kier alpha value is -12.9. The van der Waals surface area contributed by atoms with Crippen molar-refractivity contribution in [3.05, 3.63) is 168 Å². The summed E-state index contributed by atoms with van der Waals surface area (Å²) in [4.78, 5) is 186. The Bertz CT molecular complexity index is 6140. The number of aromatic hydroxyl groups is 3. The minimum Gasteiger partial charge on any atom is -0.508 e. The number of fused-ring (bicyclic) bond motifs is 15. The van der Waals surface area contributed by atoms with Crippen molar-refractivity contribution in [1.82, 2.24) is 57.7 Å². The minimum atomic E-state index is -2.49. The van der Waals surface area contributed by atoms with Crippen LogP contribution in [0, 0.1) is 11.8 Å². The maximum atomic E-state index is 16.6. The van der Waals surface area contributed by atoms with Gasteiger partial charge in [-0.15, -0.1) is 11.8 Å². The number of aliphatic carboxylic acids is 2. The number of nitrogens with zero attached hydrogens (tertiary/aromatic N) is 4. The second-order valence-electron chi connectivity index (χ2n) is 34.6. The normalized spacial score (nSPS) is 26.8. The number of anilines is 1. The Morgan fingerprint density at radius 2 is 1.41 bits per heavy atom. The third kappa shape index (κ3) is 22.0. The van der Waals surface area contributed by atoms with E-state index in [9.17, 15) is 89.7 Å². The number of nitrogen functional groups attached to an aromatic ring is 1. The number of carbonyl (C=O) groups is 12. The summed E-state index contributed by atoms with van der Waals surface area (Å²) in [6, 6.07) is -0.125. The Morgan fingerprint density at radius 1 is 0.750 bits per heavy atom. The van der Waals surface area contributed by atoms with Crippen molar-refractivity contribution in [2.75, 3.05) is 32.3 Å². The number of primary amides is 1. The zero-order chi connectivity index (χ0) is 101. The van der Waals surface area contributed by atoms with Crippen LogP contribution in [-0.4, -0.2) is 260 Å². The molecule has 746 valence electrons. The molecule has 7 aromatic rings. The van der Waals surface area contributed by atoms with Crippen molar-refractivity contribution < 1.29 is 152 Å². The van der Waals surface area contributed by atoms with Gasteiger partial charge < -0.3 is 154 Å². The van der Waals surface area contributed by atoms with Crippen LogP contribution in [-0.2, 0) is 89.7 Å². The van der Waals surface area contributed by atoms with E-state index in [1.807, 2.05) is 0 Å². The standard InChI is InChI=1S/C89H97Cl3N16O30S2/c1-32(2)17-47(96-5)76(120)102-64-68(115)35-7-11-50(45(90)18-35)134-52-20-37-21-53(72(52)138-87-73(71(118)70(117)54(30-109)136-87)137-57-27-89(4,95)74(119)33(3)133-57)135-51-12-8-36(19-46(51)91)69(116)65-82(126)100-60(43-23-40(111)24-49(112)58(43)42-22-39(110)9-10-41(42)61(79(123)103-65)101-78(122)59(37)99-77(121)48(26-55(93)113)98-81(64)125)44(85(128)129)25-56(114)97-28-34-13-15-107(16-14-34)29-38-31-139-84-66(83(127)108(84)67(38)86(130)131)104-80(124)63(106-132-6)62-75(92)140-88(94)105-62/h7-16,18-24,32-33,44,47-48,54,57,59-61,64-66,68-71,73-74,84,87,96,109,115-119H,17,25-31,95H2,1-6H3,(H16-,93,94,97,98,99,100,101,102,103,104,105,110,111,112,113,114,120,121,122,123,124,125,126,128,129,130,131)/p+1/b106-63+/t33-,44-,47-,48+,54+,57-,59-,60?,61-,64-,65+,66-,68-,69-,70+,71-,73+,74+,84?,87-,89-/m1/s1. The number of aromatic nitrogens is 2. The Kier molecular flexibility index (Phi) is 31.4. The van der Waals surface area contributed by atoms with Gasteiger partial charge >= 0.3 is 11.9 Å². The summed E-state index contributed by atoms with van der Waals surface area (Å²) in [5.74, 6) is -23.5. The summed E-state index contributed by atoms with van der Waals surface area (Å²) in [6.07, 6.45) is -17.5. The molecule has 9 aliphatic rings. The van der Waals surface area contributed by atoms with Crippen LogP contribution < -0.4 is 83.8 Å². The van der Waals surface area contributed by atoms with Crippen molar-refractivity contribution >= 4 is 140 Å². The number of carbonyl (C=O) groups excluding carboxylic acids is 10. The summed E-state index contributed by atoms with van der Waals surface area (Å²) in [6.45, 7) is 5.07. The molecule has 3 fully saturated rings. The fourth-order valence-electron chi connectivity index (χ4n) is 17.2. The molecule has 21 atom stereocenters. The number of aliphatic hydroxyl groups excluding tert-OH is 6. The Balaban J connectivity index is 0.855. The highest BCUT2D eigenvalue weighted by Gasteiger charge is 2.57. The second-order valence-corrected chi connectivity index (χ2v) is 38.2. The van der Waals surface area contributed by atoms with Crippen LogP contribution in [0.2, 0.25) is 14.4 Å². The number of oxime groups is 1. The monoisotopic (exact) mass is 2040 g/mol. The number of nitrogens with two attached hydrogens (primary N) is 3. The van der Waals surface area contributed by atoms with Crippen LogP contribution >= 0.6 is 57.9 Å². The minimum absolute atomic E-state index is 0.00428. The highest BCUT2D eigenvalue weighted by Crippen LogP contribution is 2.52. The fraction of sp³-hybridized carbons (Fsp3) is 0.404. The van der Waals surface area contributed by atoms with E-state index in [-0.39, 0.29) is 75.2 Å². The molecule has 0 saturated carbocycles. The molecule has 26 N–H and O–H groups in total. The molecule has 0 radical (unpaired) electrons. The number of carboxylic acids is 2. The molecule has 5 aromatic carbocycles. The van der Waals surface area contributed by atoms with Gasteiger partial charge in [-0.2, -0.15) is 0 Å². The number of hydrogen-bond acceptors (Lipinski definition) is 35. The third-order valence-corrected chi connectivity index (χ3v) is 27.3. The number of benzene rings is 5. The number of thiazole rings is 1. The van der Waals surface area contributed by atoms with Gasteiger partial charge in [-0.1, -0.05) is 83.3 Å². The van der Waals surface area contributed by atoms with Gasteiger partial charge in [0.1, 0.15) is 124 Å². The molecule has 9 aliphatic heterocycles. The first kappa shape index (κ1) is 103. The van der Waals surface area contributed by atoms with Gasteiger partial charge in [0.05, 0.1) is 53.3 Å². The lowest BCUT2D eigenvalue weighted by atomic mass is 9.82. The molecule has 0 spiro atoms. The van der Waals surface area contributed by atoms with Gasteiger partial charge in [0.25, 0.3) is 11.8 Å². The quantitative estimate of drug-likeness (QED) is 0.0157. The van der Waals surface area contributed by atoms with E-state index >= 15 is 24.0 Å². The van der Waals surface area contributed by atoms with E-state index in [1.165, 1.54) is 51.5 Å². The Labute approximate surface area is 817 Å². The summed E-state index contributed by atoms with van der Waals surface area (Å²) in [5.41, 5.74) is 13.1. The number of pyridine rings is 1. The van der Waals surface area contributed by atoms with Crippen LogP contribution in [0.3, 0.4) is 0 Å². The predicted octanol–water partition coefficient (Wildman–Crippen LogP) is 0.198. The van der Waals surface area contributed by atoms with E-state index in [0.29, 0.717) is 5.56 Å². The molecule has 51 heteroatoms. The summed E-state index contributed by atoms with van der Waals surface area (Å²) >= 11 is 22.6. The third-order valence-electron chi connectivity index (χ3n) is 24.3. The average Bonchev–Trinajstić information content (AvgIpc) is 0.748. The number of aliphatic hydroxyl groups is 6. The van der Waals surface area contributed by atoms with Crippen molar-refractivity contribution in [2.45, 2.75) is 187 Å². The first-order chi connectivity index (χ1) is 66.3. The van der Waals surface area contributed by atoms with Gasteiger partial charge in [0, 0.05) is 60.0 Å². The van der Waals surface area contributed by atoms with E-state index in [1.54, 1.807) is 18.4 Å². The first-order valence-electron chi connectivity index (χ1n) is 43.3. The number of carboxylic acid groups (broad SMARTS) is 2. The van der Waals surface area contributed by atoms with Gasteiger partial charge in [0.2, 0.25) is 59.3 Å². The zero-order valence-corrected chi connectivity index (χ0v) is 78.6. The van der Waals surface area contributed by atoms with Crippen LogP contribution in [0.1, 0.15) is 123 Å². The Morgan fingerprint density at radius 3 is 2.01 bits per heavy atom. The van der Waals surface area contributed by atoms with Crippen molar-refractivity contribution in [2.24, 2.45) is 28.5 Å². The van der Waals surface area contributed by atoms with E-state index < -0.39 is 307 Å². The van der Waals surface area contributed by atoms with E-state index in [4.69, 9.17) is 85.3 Å². The molecule has 2 aromatic heterocycles. The number of β-lactam (4-membered cyclic amide) rings is 1. The number of phenols is 3. The van der Waals surface area contributed by atoms with Gasteiger partial charge in [-0.25, -0.2) is 14.3 Å². The number of halogens is 3. The van der Waals surface area contributed by atoms with Gasteiger partial charge in [-0.05, 0) is 127 Å². The van der Waals surface area contributed by atoms with Crippen LogP contribution in [0.5, 0.6) is 46.0 Å². The summed E-state index contributed by atoms with van der Waals surface area (Å²) in [7, 11) is 2.61. The molecule has 10 amide bonds. The number of rotatable bonds is 25. The molecular weight excluding hydrogens is 1940 g/mol. The van der Waals surface area contributed by atoms with E-state index in [2.05, 4.69) is 58.0 Å². The number of amides is 10. The predicted molar refractivity (Wildman–Crippen MR) is 491 cm³/mol. The number of likely N-dealkylation sites (N-methyl/N-ethyl adjacent to an activating group) is 1. The van der Waals surface area contributed by atoms with Crippen molar-refractivity contribution in [3.63, 3.8) is 0 Å². The van der Waals surface area contributed by atoms with Crippen LogP contribution in [0.15, 0.2) is 120 Å². The lowest BCUT2D eigenvalue weighted by Gasteiger charge is -2.49. The molecular formula is C89H98Cl3N16O30S2+. The molecule has 46 nitrogen and oxygen atoms in total. The molecule has 11 heterocycles. The highest BCUT2D eigenvalue weighted by molar-refractivity contribution is 8.00. The number of thioether (sulfide) groups is 1. The van der Waals surface area contributed by atoms with Crippen LogP contribution in [0.4, 0.5) is 5.13 Å². The lowest BCUT2D eigenvalue weighted by Crippen LogP contribution is -2.71.